The first-order valence-corrected chi connectivity index (χ1v) is 18.2. The van der Waals surface area contributed by atoms with Gasteiger partial charge in [0.2, 0.25) is 0 Å². The predicted octanol–water partition coefficient (Wildman–Crippen LogP) is 13.2. The highest BCUT2D eigenvalue weighted by molar-refractivity contribution is 5.90. The molecule has 0 bridgehead atoms. The zero-order valence-electron chi connectivity index (χ0n) is 29.5. The van der Waals surface area contributed by atoms with Gasteiger partial charge >= 0.3 is 0 Å². The topological polar surface area (TPSA) is 38.7 Å². The second-order valence-electron chi connectivity index (χ2n) is 13.2. The van der Waals surface area contributed by atoms with Gasteiger partial charge < -0.3 is 0 Å². The van der Waals surface area contributed by atoms with Crippen LogP contribution in [0.1, 0.15) is 0 Å². The second-order valence-corrected chi connectivity index (χ2v) is 13.2. The molecule has 9 aromatic rings. The Balaban J connectivity index is 1.15. The van der Waals surface area contributed by atoms with Crippen molar-refractivity contribution in [3.8, 4) is 89.8 Å². The van der Waals surface area contributed by atoms with Crippen LogP contribution in [0.3, 0.4) is 0 Å². The molecular weight excluding hydrogens is 655 g/mol. The molecule has 0 saturated heterocycles. The highest BCUT2D eigenvalue weighted by Gasteiger charge is 2.18. The highest BCUT2D eigenvalue weighted by Crippen LogP contribution is 2.38. The van der Waals surface area contributed by atoms with Crippen LogP contribution in [0.15, 0.2) is 212 Å². The molecule has 0 radical (unpaired) electrons. The molecule has 8 aromatic carbocycles. The molecule has 0 aliphatic carbocycles. The summed E-state index contributed by atoms with van der Waals surface area (Å²) in [5.41, 5.74) is 14.2. The number of hydrogen-bond acceptors (Lipinski definition) is 3. The molecule has 3 nitrogen and oxygen atoms in total. The van der Waals surface area contributed by atoms with E-state index in [2.05, 4.69) is 200 Å². The summed E-state index contributed by atoms with van der Waals surface area (Å²) in [5.74, 6) is 1.87. The van der Waals surface area contributed by atoms with Gasteiger partial charge in [0.1, 0.15) is 0 Å². The lowest BCUT2D eigenvalue weighted by Gasteiger charge is -2.15. The third-order valence-corrected chi connectivity index (χ3v) is 9.80. The summed E-state index contributed by atoms with van der Waals surface area (Å²) in [5, 5.41) is 0. The van der Waals surface area contributed by atoms with Crippen LogP contribution in [0.25, 0.3) is 89.8 Å². The van der Waals surface area contributed by atoms with Gasteiger partial charge in [-0.05, 0) is 61.7 Å². The predicted molar refractivity (Wildman–Crippen MR) is 223 cm³/mol. The summed E-state index contributed by atoms with van der Waals surface area (Å²) < 4.78 is 0. The molecule has 0 saturated carbocycles. The summed E-state index contributed by atoms with van der Waals surface area (Å²) in [6.45, 7) is 0. The first-order chi connectivity index (χ1) is 26.8. The molecule has 0 atom stereocenters. The Hall–Kier alpha value is -7.23. The number of aromatic nitrogens is 3. The van der Waals surface area contributed by atoms with Gasteiger partial charge in [-0.3, -0.25) is 0 Å². The van der Waals surface area contributed by atoms with E-state index in [0.717, 1.165) is 61.2 Å². The number of hydrogen-bond donors (Lipinski definition) is 0. The van der Waals surface area contributed by atoms with Crippen molar-refractivity contribution in [3.05, 3.63) is 212 Å². The summed E-state index contributed by atoms with van der Waals surface area (Å²) in [6.07, 6.45) is 0. The number of rotatable bonds is 8. The lowest BCUT2D eigenvalue weighted by Crippen LogP contribution is -2.01. The van der Waals surface area contributed by atoms with Crippen LogP contribution in [0.5, 0.6) is 0 Å². The maximum absolute atomic E-state index is 5.20. The third-order valence-electron chi connectivity index (χ3n) is 9.80. The van der Waals surface area contributed by atoms with E-state index in [1.54, 1.807) is 0 Å². The molecule has 254 valence electrons. The van der Waals surface area contributed by atoms with Crippen LogP contribution in [0, 0.1) is 0 Å². The van der Waals surface area contributed by atoms with Gasteiger partial charge in [0, 0.05) is 16.7 Å². The first-order valence-electron chi connectivity index (χ1n) is 18.2. The zero-order valence-corrected chi connectivity index (χ0v) is 29.5. The van der Waals surface area contributed by atoms with Crippen molar-refractivity contribution in [2.24, 2.45) is 0 Å². The summed E-state index contributed by atoms with van der Waals surface area (Å²) >= 11 is 0. The van der Waals surface area contributed by atoms with Gasteiger partial charge in [-0.2, -0.15) is 0 Å². The fourth-order valence-electron chi connectivity index (χ4n) is 7.02. The molecule has 54 heavy (non-hydrogen) atoms. The van der Waals surface area contributed by atoms with E-state index in [0.29, 0.717) is 17.5 Å². The second kappa shape index (κ2) is 14.8. The SMILES string of the molecule is c1ccc(-c2ccc(-c3ccc(-c4nc(-c5cccc(-c6ccccc6)c5)nc(-c5ccccc5-c5ccccc5-c5ccccc5)n4)cc3)cc2)cc1. The molecule has 0 amide bonds. The molecule has 0 unspecified atom stereocenters. The van der Waals surface area contributed by atoms with Gasteiger partial charge in [0.15, 0.2) is 17.5 Å². The highest BCUT2D eigenvalue weighted by atomic mass is 15.0. The third kappa shape index (κ3) is 6.74. The minimum Gasteiger partial charge on any atom is -0.208 e. The van der Waals surface area contributed by atoms with Crippen molar-refractivity contribution in [1.29, 1.82) is 0 Å². The van der Waals surface area contributed by atoms with Gasteiger partial charge in [0.25, 0.3) is 0 Å². The fraction of sp³-hybridized carbons (Fsp3) is 0. The van der Waals surface area contributed by atoms with Gasteiger partial charge in [-0.15, -0.1) is 0 Å². The Morgan fingerprint density at radius 1 is 0.185 bits per heavy atom. The van der Waals surface area contributed by atoms with Crippen LogP contribution in [-0.4, -0.2) is 15.0 Å². The van der Waals surface area contributed by atoms with E-state index in [1.807, 2.05) is 12.1 Å². The average molecular weight is 690 g/mol. The van der Waals surface area contributed by atoms with Gasteiger partial charge in [-0.1, -0.05) is 206 Å². The van der Waals surface area contributed by atoms with E-state index in [9.17, 15) is 0 Å². The lowest BCUT2D eigenvalue weighted by atomic mass is 9.91. The number of benzene rings is 8. The molecule has 1 aromatic heterocycles. The number of nitrogens with zero attached hydrogens (tertiary/aromatic N) is 3. The van der Waals surface area contributed by atoms with E-state index in [4.69, 9.17) is 15.0 Å². The summed E-state index contributed by atoms with van der Waals surface area (Å²) in [4.78, 5) is 15.5. The molecule has 0 aliphatic heterocycles. The standard InChI is InChI=1S/C51H35N3/c1-4-15-36(16-5-1)38-27-29-39(30-28-38)40-31-33-42(34-32-40)49-52-50(44-22-14-21-43(35-44)37-17-6-2-7-18-37)54-51(53-49)48-26-13-12-25-47(48)46-24-11-10-23-45(46)41-19-8-3-9-20-41/h1-35H. The van der Waals surface area contributed by atoms with E-state index < -0.39 is 0 Å². The molecule has 0 N–H and O–H groups in total. The summed E-state index contributed by atoms with van der Waals surface area (Å²) in [7, 11) is 0. The quantitative estimate of drug-likeness (QED) is 0.159. The van der Waals surface area contributed by atoms with Crippen molar-refractivity contribution in [2.75, 3.05) is 0 Å². The van der Waals surface area contributed by atoms with E-state index in [1.165, 1.54) is 11.1 Å². The van der Waals surface area contributed by atoms with Crippen LogP contribution >= 0.6 is 0 Å². The Kier molecular flexibility index (Phi) is 8.94. The maximum Gasteiger partial charge on any atom is 0.164 e. The Morgan fingerprint density at radius 2 is 0.519 bits per heavy atom. The minimum absolute atomic E-state index is 0.622. The maximum atomic E-state index is 5.20. The Bertz CT molecular complexity index is 2670. The first kappa shape index (κ1) is 32.7. The van der Waals surface area contributed by atoms with Crippen molar-refractivity contribution >= 4 is 0 Å². The Morgan fingerprint density at radius 3 is 1.07 bits per heavy atom. The molecule has 3 heteroatoms. The van der Waals surface area contributed by atoms with Crippen LogP contribution in [0.2, 0.25) is 0 Å². The fourth-order valence-corrected chi connectivity index (χ4v) is 7.02. The van der Waals surface area contributed by atoms with Crippen molar-refractivity contribution in [1.82, 2.24) is 15.0 Å². The van der Waals surface area contributed by atoms with Crippen LogP contribution in [0.4, 0.5) is 0 Å². The molecule has 0 aliphatic rings. The Labute approximate surface area is 316 Å². The van der Waals surface area contributed by atoms with Crippen molar-refractivity contribution in [2.45, 2.75) is 0 Å². The molecule has 1 heterocycles. The zero-order chi connectivity index (χ0) is 36.1. The normalized spacial score (nSPS) is 11.0. The molecular formula is C51H35N3. The van der Waals surface area contributed by atoms with Crippen LogP contribution < -0.4 is 0 Å². The largest absolute Gasteiger partial charge is 0.208 e. The van der Waals surface area contributed by atoms with E-state index >= 15 is 0 Å². The van der Waals surface area contributed by atoms with Crippen molar-refractivity contribution in [3.63, 3.8) is 0 Å². The average Bonchev–Trinajstić information content (AvgIpc) is 3.27. The smallest absolute Gasteiger partial charge is 0.164 e. The molecule has 0 spiro atoms. The van der Waals surface area contributed by atoms with Crippen LogP contribution in [-0.2, 0) is 0 Å². The van der Waals surface area contributed by atoms with Crippen molar-refractivity contribution < 1.29 is 0 Å². The lowest BCUT2D eigenvalue weighted by molar-refractivity contribution is 1.07. The van der Waals surface area contributed by atoms with E-state index in [-0.39, 0.29) is 0 Å². The monoisotopic (exact) mass is 689 g/mol. The molecule has 0 fully saturated rings. The molecule has 9 rings (SSSR count). The van der Waals surface area contributed by atoms with Gasteiger partial charge in [0.05, 0.1) is 0 Å². The summed E-state index contributed by atoms with van der Waals surface area (Å²) in [6, 6.07) is 74.0. The minimum atomic E-state index is 0.622. The van der Waals surface area contributed by atoms with Gasteiger partial charge in [-0.25, -0.2) is 15.0 Å².